The molecular formula is C13H11N5O. The van der Waals surface area contributed by atoms with Gasteiger partial charge in [-0.15, -0.1) is 0 Å². The van der Waals surface area contributed by atoms with Gasteiger partial charge in [0.15, 0.2) is 5.82 Å². The van der Waals surface area contributed by atoms with Crippen molar-refractivity contribution >= 4 is 5.91 Å². The summed E-state index contributed by atoms with van der Waals surface area (Å²) in [6.45, 7) is 0. The van der Waals surface area contributed by atoms with E-state index in [9.17, 15) is 10.1 Å². The molecule has 2 N–H and O–H groups in total. The maximum atomic E-state index is 11.0. The highest BCUT2D eigenvalue weighted by Gasteiger charge is 2.18. The van der Waals surface area contributed by atoms with Gasteiger partial charge < -0.3 is 5.73 Å². The van der Waals surface area contributed by atoms with Gasteiger partial charge in [-0.05, 0) is 37.0 Å². The Hall–Kier alpha value is -2.68. The van der Waals surface area contributed by atoms with Gasteiger partial charge in [0.05, 0.1) is 5.56 Å². The Kier molecular flexibility index (Phi) is 2.53. The number of primary amides is 1. The predicted molar refractivity (Wildman–Crippen MR) is 66.6 cm³/mol. The maximum absolute atomic E-state index is 11.0. The Morgan fingerprint density at radius 3 is 3.00 bits per heavy atom. The summed E-state index contributed by atoms with van der Waals surface area (Å²) in [5.74, 6) is -0.144. The van der Waals surface area contributed by atoms with Crippen LogP contribution in [0.15, 0.2) is 18.3 Å². The number of nitrogens with zero attached hydrogens (tertiary/aromatic N) is 4. The molecule has 94 valence electrons. The standard InChI is InChI=1S/C13H11N5O/c14-7-9-6-8-2-1-3-10(8)16-13(9)18-5-4-11(17-18)12(15)19/h4-6H,1-3H2,(H2,15,19). The molecule has 0 atom stereocenters. The number of nitrogens with two attached hydrogens (primary N) is 1. The zero-order valence-electron chi connectivity index (χ0n) is 10.1. The minimum absolute atomic E-state index is 0.159. The van der Waals surface area contributed by atoms with Gasteiger partial charge in [0.1, 0.15) is 11.8 Å². The molecule has 0 bridgehead atoms. The van der Waals surface area contributed by atoms with Crippen molar-refractivity contribution in [2.24, 2.45) is 5.73 Å². The van der Waals surface area contributed by atoms with Crippen molar-refractivity contribution < 1.29 is 4.79 Å². The third-order valence-electron chi connectivity index (χ3n) is 3.21. The molecule has 2 aromatic rings. The van der Waals surface area contributed by atoms with Gasteiger partial charge in [-0.3, -0.25) is 4.79 Å². The van der Waals surface area contributed by atoms with Crippen LogP contribution in [0.2, 0.25) is 0 Å². The first-order chi connectivity index (χ1) is 9.19. The molecule has 0 spiro atoms. The fraction of sp³-hybridized carbons (Fsp3) is 0.231. The number of rotatable bonds is 2. The Bertz CT molecular complexity index is 710. The van der Waals surface area contributed by atoms with Gasteiger partial charge in [-0.25, -0.2) is 9.67 Å². The molecule has 0 unspecified atom stereocenters. The molecule has 0 saturated carbocycles. The number of aryl methyl sites for hydroxylation is 2. The lowest BCUT2D eigenvalue weighted by Gasteiger charge is -2.06. The van der Waals surface area contributed by atoms with Crippen molar-refractivity contribution in [3.8, 4) is 11.9 Å². The van der Waals surface area contributed by atoms with E-state index in [4.69, 9.17) is 5.73 Å². The van der Waals surface area contributed by atoms with Crippen LogP contribution in [0.4, 0.5) is 0 Å². The molecule has 19 heavy (non-hydrogen) atoms. The zero-order valence-corrected chi connectivity index (χ0v) is 10.1. The SMILES string of the molecule is N#Cc1cc2c(nc1-n1ccc(C(N)=O)n1)CCC2. The molecule has 3 rings (SSSR count). The van der Waals surface area contributed by atoms with Crippen molar-refractivity contribution in [1.82, 2.24) is 14.8 Å². The van der Waals surface area contributed by atoms with Gasteiger partial charge in [0, 0.05) is 11.9 Å². The molecule has 0 aliphatic heterocycles. The maximum Gasteiger partial charge on any atom is 0.269 e. The summed E-state index contributed by atoms with van der Waals surface area (Å²) in [4.78, 5) is 15.5. The molecule has 1 aliphatic rings. The Morgan fingerprint density at radius 2 is 2.32 bits per heavy atom. The van der Waals surface area contributed by atoms with Crippen LogP contribution in [0.25, 0.3) is 5.82 Å². The molecule has 2 heterocycles. The normalized spacial score (nSPS) is 13.0. The second-order valence-corrected chi connectivity index (χ2v) is 4.44. The summed E-state index contributed by atoms with van der Waals surface area (Å²) in [7, 11) is 0. The van der Waals surface area contributed by atoms with Crippen molar-refractivity contribution in [3.63, 3.8) is 0 Å². The largest absolute Gasteiger partial charge is 0.364 e. The number of pyridine rings is 1. The summed E-state index contributed by atoms with van der Waals surface area (Å²) in [5, 5.41) is 13.2. The topological polar surface area (TPSA) is 97.6 Å². The van der Waals surface area contributed by atoms with Crippen molar-refractivity contribution in [1.29, 1.82) is 5.26 Å². The van der Waals surface area contributed by atoms with E-state index < -0.39 is 5.91 Å². The van der Waals surface area contributed by atoms with Crippen LogP contribution in [-0.2, 0) is 12.8 Å². The van der Waals surface area contributed by atoms with Crippen LogP contribution >= 0.6 is 0 Å². The number of fused-ring (bicyclic) bond motifs is 1. The van der Waals surface area contributed by atoms with Crippen LogP contribution in [-0.4, -0.2) is 20.7 Å². The minimum Gasteiger partial charge on any atom is -0.364 e. The van der Waals surface area contributed by atoms with Crippen LogP contribution in [0.3, 0.4) is 0 Å². The van der Waals surface area contributed by atoms with Gasteiger partial charge in [0.25, 0.3) is 5.91 Å². The van der Waals surface area contributed by atoms with E-state index in [2.05, 4.69) is 16.2 Å². The third-order valence-corrected chi connectivity index (χ3v) is 3.21. The highest BCUT2D eigenvalue weighted by molar-refractivity contribution is 5.90. The molecule has 2 aromatic heterocycles. The summed E-state index contributed by atoms with van der Waals surface area (Å²) in [5.41, 5.74) is 7.91. The average Bonchev–Trinajstić information content (AvgIpc) is 3.05. The number of amides is 1. The van der Waals surface area contributed by atoms with Gasteiger partial charge >= 0.3 is 0 Å². The highest BCUT2D eigenvalue weighted by atomic mass is 16.1. The summed E-state index contributed by atoms with van der Waals surface area (Å²) >= 11 is 0. The van der Waals surface area contributed by atoms with Crippen LogP contribution in [0, 0.1) is 11.3 Å². The van der Waals surface area contributed by atoms with E-state index in [1.807, 2.05) is 6.07 Å². The van der Waals surface area contributed by atoms with Gasteiger partial charge in [0.2, 0.25) is 0 Å². The first-order valence-electron chi connectivity index (χ1n) is 5.98. The number of hydrogen-bond acceptors (Lipinski definition) is 4. The summed E-state index contributed by atoms with van der Waals surface area (Å²) in [6, 6.07) is 5.49. The second kappa shape index (κ2) is 4.21. The molecule has 1 amide bonds. The molecule has 0 fully saturated rings. The van der Waals surface area contributed by atoms with Crippen LogP contribution in [0.1, 0.15) is 33.7 Å². The lowest BCUT2D eigenvalue weighted by Crippen LogP contribution is -2.13. The van der Waals surface area contributed by atoms with E-state index in [0.29, 0.717) is 11.4 Å². The average molecular weight is 253 g/mol. The highest BCUT2D eigenvalue weighted by Crippen LogP contribution is 2.24. The van der Waals surface area contributed by atoms with Crippen LogP contribution in [0.5, 0.6) is 0 Å². The van der Waals surface area contributed by atoms with Gasteiger partial charge in [-0.2, -0.15) is 10.4 Å². The van der Waals surface area contributed by atoms with Crippen LogP contribution < -0.4 is 5.73 Å². The van der Waals surface area contributed by atoms with Crippen molar-refractivity contribution in [2.75, 3.05) is 0 Å². The van der Waals surface area contributed by atoms with Crippen molar-refractivity contribution in [2.45, 2.75) is 19.3 Å². The fourth-order valence-electron chi connectivity index (χ4n) is 2.29. The smallest absolute Gasteiger partial charge is 0.269 e. The molecule has 0 saturated heterocycles. The number of aromatic nitrogens is 3. The molecule has 0 radical (unpaired) electrons. The zero-order chi connectivity index (χ0) is 13.4. The monoisotopic (exact) mass is 253 g/mol. The second-order valence-electron chi connectivity index (χ2n) is 4.44. The molecule has 1 aliphatic carbocycles. The van der Waals surface area contributed by atoms with E-state index in [1.165, 1.54) is 10.7 Å². The van der Waals surface area contributed by atoms with Gasteiger partial charge in [-0.1, -0.05) is 0 Å². The molecule has 6 heteroatoms. The number of carbonyl (C=O) groups is 1. The third kappa shape index (κ3) is 1.85. The van der Waals surface area contributed by atoms with Crippen molar-refractivity contribution in [3.05, 3.63) is 40.8 Å². The minimum atomic E-state index is -0.599. The fourth-order valence-corrected chi connectivity index (χ4v) is 2.29. The lowest BCUT2D eigenvalue weighted by molar-refractivity contribution is 0.0995. The quantitative estimate of drug-likeness (QED) is 0.852. The lowest BCUT2D eigenvalue weighted by atomic mass is 10.1. The Balaban J connectivity index is 2.13. The van der Waals surface area contributed by atoms with E-state index >= 15 is 0 Å². The molecular weight excluding hydrogens is 242 g/mol. The molecule has 6 nitrogen and oxygen atoms in total. The Labute approximate surface area is 109 Å². The number of carbonyl (C=O) groups excluding carboxylic acids is 1. The van der Waals surface area contributed by atoms with E-state index in [1.54, 1.807) is 6.20 Å². The number of nitriles is 1. The summed E-state index contributed by atoms with van der Waals surface area (Å²) < 4.78 is 1.43. The van der Waals surface area contributed by atoms with E-state index in [0.717, 1.165) is 30.5 Å². The first kappa shape index (κ1) is 11.4. The summed E-state index contributed by atoms with van der Waals surface area (Å²) in [6.07, 6.45) is 4.52. The molecule has 0 aromatic carbocycles. The number of hydrogen-bond donors (Lipinski definition) is 1. The van der Waals surface area contributed by atoms with E-state index in [-0.39, 0.29) is 5.69 Å². The first-order valence-corrected chi connectivity index (χ1v) is 5.98. The predicted octanol–water partition coefficient (Wildman–Crippen LogP) is 0.727. The Morgan fingerprint density at radius 1 is 1.47 bits per heavy atom.